The molecule has 4 nitrogen and oxygen atoms in total. The van der Waals surface area contributed by atoms with Crippen molar-refractivity contribution in [3.63, 3.8) is 0 Å². The molecule has 0 radical (unpaired) electrons. The maximum absolute atomic E-state index is 12.8. The highest BCUT2D eigenvalue weighted by Crippen LogP contribution is 2.25. The minimum absolute atomic E-state index is 0.0549. The molecule has 1 aliphatic heterocycles. The fraction of sp³-hybridized carbons (Fsp3) is 0.227. The van der Waals surface area contributed by atoms with Gasteiger partial charge >= 0.3 is 0 Å². The van der Waals surface area contributed by atoms with Crippen molar-refractivity contribution in [2.45, 2.75) is 13.0 Å². The molecule has 0 N–H and O–H groups in total. The molecule has 0 spiro atoms. The number of amides is 1. The third-order valence-corrected chi connectivity index (χ3v) is 4.93. The molecule has 0 bridgehead atoms. The van der Waals surface area contributed by atoms with Crippen LogP contribution in [0.1, 0.15) is 16.1 Å². The fourth-order valence-corrected chi connectivity index (χ4v) is 3.33. The van der Waals surface area contributed by atoms with E-state index in [2.05, 4.69) is 12.1 Å². The number of hydrogen-bond donors (Lipinski definition) is 0. The lowest BCUT2D eigenvalue weighted by molar-refractivity contribution is 0.0168. The number of benzene rings is 2. The van der Waals surface area contributed by atoms with Gasteiger partial charge in [0.15, 0.2) is 0 Å². The van der Waals surface area contributed by atoms with Crippen LogP contribution in [0.2, 0.25) is 0 Å². The monoisotopic (exact) mass is 346 g/mol. The molecule has 2 aromatic carbocycles. The Morgan fingerprint density at radius 2 is 1.65 bits per heavy atom. The van der Waals surface area contributed by atoms with Crippen LogP contribution in [0, 0.1) is 6.92 Å². The van der Waals surface area contributed by atoms with Gasteiger partial charge in [-0.05, 0) is 36.2 Å². The smallest absolute Gasteiger partial charge is 0.270 e. The van der Waals surface area contributed by atoms with E-state index < -0.39 is 0 Å². The maximum Gasteiger partial charge on any atom is 0.270 e. The maximum atomic E-state index is 12.8. The van der Waals surface area contributed by atoms with Gasteiger partial charge in [-0.25, -0.2) is 0 Å². The summed E-state index contributed by atoms with van der Waals surface area (Å²) < 4.78 is 7.97. The quantitative estimate of drug-likeness (QED) is 0.718. The van der Waals surface area contributed by atoms with Gasteiger partial charge < -0.3 is 14.2 Å². The minimum Gasteiger partial charge on any atom is -0.486 e. The highest BCUT2D eigenvalue weighted by molar-refractivity contribution is 5.94. The van der Waals surface area contributed by atoms with E-state index in [1.165, 1.54) is 0 Å². The van der Waals surface area contributed by atoms with E-state index >= 15 is 0 Å². The second kappa shape index (κ2) is 6.71. The summed E-state index contributed by atoms with van der Waals surface area (Å²) >= 11 is 0. The predicted octanol–water partition coefficient (Wildman–Crippen LogP) is 3.90. The normalized spacial score (nSPS) is 14.2. The molecule has 0 saturated carbocycles. The van der Waals surface area contributed by atoms with Crippen LogP contribution in [-0.2, 0) is 7.05 Å². The number of likely N-dealkylation sites (tertiary alicyclic amines) is 1. The lowest BCUT2D eigenvalue weighted by Gasteiger charge is -2.39. The van der Waals surface area contributed by atoms with Crippen LogP contribution in [0.4, 0.5) is 0 Å². The lowest BCUT2D eigenvalue weighted by atomic mass is 10.1. The van der Waals surface area contributed by atoms with Crippen LogP contribution in [0.3, 0.4) is 0 Å². The predicted molar refractivity (Wildman–Crippen MR) is 102 cm³/mol. The van der Waals surface area contributed by atoms with E-state index in [-0.39, 0.29) is 12.0 Å². The van der Waals surface area contributed by atoms with E-state index in [4.69, 9.17) is 4.74 Å². The number of carbonyl (C=O) groups excluding carboxylic acids is 1. The Kier molecular flexibility index (Phi) is 4.25. The van der Waals surface area contributed by atoms with Crippen molar-refractivity contribution in [2.24, 2.45) is 7.05 Å². The lowest BCUT2D eigenvalue weighted by Crippen LogP contribution is -2.56. The van der Waals surface area contributed by atoms with Crippen LogP contribution < -0.4 is 4.74 Å². The number of nitrogens with zero attached hydrogens (tertiary/aromatic N) is 2. The van der Waals surface area contributed by atoms with Crippen molar-refractivity contribution >= 4 is 5.91 Å². The summed E-state index contributed by atoms with van der Waals surface area (Å²) in [7, 11) is 1.94. The van der Waals surface area contributed by atoms with Crippen molar-refractivity contribution in [2.75, 3.05) is 13.1 Å². The van der Waals surface area contributed by atoms with Crippen molar-refractivity contribution in [3.8, 4) is 17.0 Å². The largest absolute Gasteiger partial charge is 0.486 e. The van der Waals surface area contributed by atoms with Gasteiger partial charge in [0.05, 0.1) is 13.1 Å². The Labute approximate surface area is 153 Å². The average molecular weight is 346 g/mol. The number of carbonyl (C=O) groups is 1. The summed E-state index contributed by atoms with van der Waals surface area (Å²) in [6.45, 7) is 3.28. The van der Waals surface area contributed by atoms with Crippen LogP contribution in [-0.4, -0.2) is 34.6 Å². The molecule has 0 aliphatic carbocycles. The zero-order valence-corrected chi connectivity index (χ0v) is 15.1. The van der Waals surface area contributed by atoms with Gasteiger partial charge in [0, 0.05) is 12.7 Å². The number of rotatable bonds is 4. The summed E-state index contributed by atoms with van der Waals surface area (Å²) in [4.78, 5) is 14.6. The third kappa shape index (κ3) is 2.99. The van der Waals surface area contributed by atoms with E-state index in [1.807, 2.05) is 78.0 Å². The molecular formula is C22H22N2O2. The van der Waals surface area contributed by atoms with E-state index in [1.54, 1.807) is 0 Å². The van der Waals surface area contributed by atoms with Crippen molar-refractivity contribution < 1.29 is 9.53 Å². The summed E-state index contributed by atoms with van der Waals surface area (Å²) in [5.74, 6) is 0.953. The van der Waals surface area contributed by atoms with Gasteiger partial charge in [0.2, 0.25) is 0 Å². The molecule has 1 saturated heterocycles. The fourth-order valence-electron chi connectivity index (χ4n) is 3.33. The van der Waals surface area contributed by atoms with Gasteiger partial charge in [-0.3, -0.25) is 4.79 Å². The van der Waals surface area contributed by atoms with Gasteiger partial charge in [-0.1, -0.05) is 48.5 Å². The molecule has 1 aliphatic rings. The first kappa shape index (κ1) is 16.5. The molecule has 132 valence electrons. The molecule has 1 amide bonds. The van der Waals surface area contributed by atoms with Crippen molar-refractivity contribution in [1.82, 2.24) is 9.47 Å². The van der Waals surface area contributed by atoms with Crippen LogP contribution in [0.15, 0.2) is 66.7 Å². The number of para-hydroxylation sites is 1. The number of hydrogen-bond acceptors (Lipinski definition) is 2. The average Bonchev–Trinajstić information content (AvgIpc) is 3.01. The highest BCUT2D eigenvalue weighted by atomic mass is 16.5. The van der Waals surface area contributed by atoms with E-state index in [0.717, 1.165) is 22.6 Å². The Morgan fingerprint density at radius 1 is 0.962 bits per heavy atom. The molecule has 1 fully saturated rings. The van der Waals surface area contributed by atoms with Gasteiger partial charge in [-0.15, -0.1) is 0 Å². The van der Waals surface area contributed by atoms with Crippen LogP contribution in [0.5, 0.6) is 5.75 Å². The zero-order valence-electron chi connectivity index (χ0n) is 15.1. The molecule has 3 aromatic rings. The highest BCUT2D eigenvalue weighted by Gasteiger charge is 2.34. The van der Waals surface area contributed by atoms with Crippen molar-refractivity contribution in [1.29, 1.82) is 0 Å². The first-order valence-electron chi connectivity index (χ1n) is 8.86. The number of aromatic nitrogens is 1. The Bertz CT molecular complexity index is 924. The number of ether oxygens (including phenoxy) is 1. The Hall–Kier alpha value is -3.01. The molecule has 0 unspecified atom stereocenters. The Balaban J connectivity index is 1.42. The van der Waals surface area contributed by atoms with E-state index in [0.29, 0.717) is 18.8 Å². The van der Waals surface area contributed by atoms with Gasteiger partial charge in [0.1, 0.15) is 17.5 Å². The van der Waals surface area contributed by atoms with Crippen molar-refractivity contribution in [3.05, 3.63) is 78.0 Å². The summed E-state index contributed by atoms with van der Waals surface area (Å²) in [5.41, 5.74) is 3.98. The molecule has 1 aromatic heterocycles. The molecule has 2 heterocycles. The third-order valence-electron chi connectivity index (χ3n) is 4.93. The summed E-state index contributed by atoms with van der Waals surface area (Å²) in [6, 6.07) is 22.0. The van der Waals surface area contributed by atoms with Gasteiger partial charge in [-0.2, -0.15) is 0 Å². The second-order valence-corrected chi connectivity index (χ2v) is 6.74. The molecule has 26 heavy (non-hydrogen) atoms. The van der Waals surface area contributed by atoms with E-state index in [9.17, 15) is 4.79 Å². The topological polar surface area (TPSA) is 34.5 Å². The van der Waals surface area contributed by atoms with Gasteiger partial charge in [0.25, 0.3) is 5.91 Å². The molecule has 4 heteroatoms. The number of aryl methyl sites for hydroxylation is 1. The molecule has 0 atom stereocenters. The molecule has 4 rings (SSSR count). The van der Waals surface area contributed by atoms with Crippen LogP contribution in [0.25, 0.3) is 11.3 Å². The SMILES string of the molecule is Cc1ccccc1OC1CN(C(=O)c2ccc(-c3ccccc3)n2C)C1. The minimum atomic E-state index is 0.0549. The zero-order chi connectivity index (χ0) is 18.1. The second-order valence-electron chi connectivity index (χ2n) is 6.74. The first-order chi connectivity index (χ1) is 12.6. The standard InChI is InChI=1S/C22H22N2O2/c1-16-8-6-7-11-21(16)26-18-14-24(15-18)22(25)20-13-12-19(23(20)2)17-9-4-3-5-10-17/h3-13,18H,14-15H2,1-2H3. The summed E-state index contributed by atoms with van der Waals surface area (Å²) in [5, 5.41) is 0. The Morgan fingerprint density at radius 3 is 2.38 bits per heavy atom. The summed E-state index contributed by atoms with van der Waals surface area (Å²) in [6.07, 6.45) is 0.0638. The molecular weight excluding hydrogens is 324 g/mol. The first-order valence-corrected chi connectivity index (χ1v) is 8.86. The van der Waals surface area contributed by atoms with Crippen LogP contribution >= 0.6 is 0 Å².